The predicted octanol–water partition coefficient (Wildman–Crippen LogP) is 1.64. The van der Waals surface area contributed by atoms with Gasteiger partial charge in [-0.25, -0.2) is 4.39 Å². The van der Waals surface area contributed by atoms with E-state index in [2.05, 4.69) is 0 Å². The first kappa shape index (κ1) is 11.9. The molecule has 1 saturated heterocycles. The van der Waals surface area contributed by atoms with E-state index in [0.29, 0.717) is 0 Å². The van der Waals surface area contributed by atoms with Crippen LogP contribution in [0.2, 0.25) is 5.02 Å². The average molecular weight is 258 g/mol. The molecule has 0 spiro atoms. The maximum Gasteiger partial charge on any atom is 0.310 e. The molecule has 0 aliphatic carbocycles. The first-order valence-corrected chi connectivity index (χ1v) is 5.34. The number of benzene rings is 1. The number of hydrogen-bond donors (Lipinski definition) is 1. The first-order valence-electron chi connectivity index (χ1n) is 4.96. The van der Waals surface area contributed by atoms with Crippen molar-refractivity contribution in [1.82, 2.24) is 4.90 Å². The number of likely N-dealkylation sites (tertiary alicyclic amines) is 1. The van der Waals surface area contributed by atoms with Gasteiger partial charge in [-0.2, -0.15) is 0 Å². The van der Waals surface area contributed by atoms with Gasteiger partial charge >= 0.3 is 5.97 Å². The van der Waals surface area contributed by atoms with E-state index in [0.717, 1.165) is 6.07 Å². The van der Waals surface area contributed by atoms with E-state index in [1.165, 1.54) is 17.0 Å². The van der Waals surface area contributed by atoms with Crippen molar-refractivity contribution in [3.05, 3.63) is 34.6 Å². The van der Waals surface area contributed by atoms with Crippen LogP contribution in [-0.2, 0) is 4.79 Å². The molecule has 1 amide bonds. The summed E-state index contributed by atoms with van der Waals surface area (Å²) in [6.45, 7) is 0.222. The maximum atomic E-state index is 13.4. The van der Waals surface area contributed by atoms with E-state index in [-0.39, 0.29) is 23.7 Å². The first-order chi connectivity index (χ1) is 7.99. The van der Waals surface area contributed by atoms with Crippen LogP contribution in [0.15, 0.2) is 18.2 Å². The highest BCUT2D eigenvalue weighted by atomic mass is 35.5. The highest BCUT2D eigenvalue weighted by Gasteiger charge is 2.36. The zero-order chi connectivity index (χ0) is 12.6. The lowest BCUT2D eigenvalue weighted by Crippen LogP contribution is -2.53. The maximum absolute atomic E-state index is 13.4. The van der Waals surface area contributed by atoms with Crippen LogP contribution in [0, 0.1) is 11.7 Å². The summed E-state index contributed by atoms with van der Waals surface area (Å²) < 4.78 is 13.4. The van der Waals surface area contributed by atoms with Gasteiger partial charge < -0.3 is 10.0 Å². The molecular weight excluding hydrogens is 249 g/mol. The average Bonchev–Trinajstić information content (AvgIpc) is 2.18. The van der Waals surface area contributed by atoms with Crippen molar-refractivity contribution in [2.45, 2.75) is 0 Å². The Morgan fingerprint density at radius 1 is 1.41 bits per heavy atom. The lowest BCUT2D eigenvalue weighted by atomic mass is 9.99. The lowest BCUT2D eigenvalue weighted by molar-refractivity contribution is -0.146. The second kappa shape index (κ2) is 4.33. The Kier molecular flexibility index (Phi) is 3.02. The van der Waals surface area contributed by atoms with Gasteiger partial charge in [-0.15, -0.1) is 0 Å². The highest BCUT2D eigenvalue weighted by Crippen LogP contribution is 2.22. The van der Waals surface area contributed by atoms with Gasteiger partial charge in [-0.05, 0) is 18.2 Å². The van der Waals surface area contributed by atoms with Crippen molar-refractivity contribution in [3.63, 3.8) is 0 Å². The van der Waals surface area contributed by atoms with E-state index in [1.54, 1.807) is 0 Å². The molecule has 1 aliphatic rings. The topological polar surface area (TPSA) is 57.6 Å². The van der Waals surface area contributed by atoms with E-state index in [4.69, 9.17) is 16.7 Å². The van der Waals surface area contributed by atoms with Gasteiger partial charge in [0.15, 0.2) is 0 Å². The number of amides is 1. The van der Waals surface area contributed by atoms with E-state index in [1.807, 2.05) is 0 Å². The normalized spacial score (nSPS) is 15.5. The third-order valence-electron chi connectivity index (χ3n) is 2.68. The number of carboxylic acid groups (broad SMARTS) is 1. The van der Waals surface area contributed by atoms with Crippen LogP contribution in [0.3, 0.4) is 0 Å². The van der Waals surface area contributed by atoms with Crippen molar-refractivity contribution in [3.8, 4) is 0 Å². The zero-order valence-electron chi connectivity index (χ0n) is 8.69. The predicted molar refractivity (Wildman–Crippen MR) is 58.4 cm³/mol. The molecule has 1 aromatic rings. The number of carbonyl (C=O) groups excluding carboxylic acids is 1. The summed E-state index contributed by atoms with van der Waals surface area (Å²) in [6.07, 6.45) is 0. The fraction of sp³-hybridized carbons (Fsp3) is 0.273. The van der Waals surface area contributed by atoms with Gasteiger partial charge in [0.1, 0.15) is 5.82 Å². The summed E-state index contributed by atoms with van der Waals surface area (Å²) in [5.41, 5.74) is -0.124. The molecule has 1 fully saturated rings. The van der Waals surface area contributed by atoms with E-state index < -0.39 is 23.6 Å². The Labute approximate surface area is 102 Å². The van der Waals surface area contributed by atoms with Gasteiger partial charge in [0.2, 0.25) is 0 Å². The number of rotatable bonds is 2. The molecule has 0 unspecified atom stereocenters. The van der Waals surface area contributed by atoms with Gasteiger partial charge in [0.25, 0.3) is 5.91 Å². The number of carbonyl (C=O) groups is 2. The smallest absolute Gasteiger partial charge is 0.310 e. The minimum absolute atomic E-state index is 0.111. The van der Waals surface area contributed by atoms with Gasteiger partial charge in [-0.3, -0.25) is 9.59 Å². The number of nitrogens with zero attached hydrogens (tertiary/aromatic N) is 1. The molecule has 1 aromatic carbocycles. The quantitative estimate of drug-likeness (QED) is 0.876. The molecule has 90 valence electrons. The molecule has 1 aliphatic heterocycles. The van der Waals surface area contributed by atoms with Gasteiger partial charge in [0.05, 0.1) is 11.5 Å². The monoisotopic (exact) mass is 257 g/mol. The van der Waals surface area contributed by atoms with Gasteiger partial charge in [-0.1, -0.05) is 11.6 Å². The number of carboxylic acids is 1. The molecule has 1 heterocycles. The molecule has 0 aromatic heterocycles. The Hall–Kier alpha value is -1.62. The number of halogens is 2. The molecule has 0 atom stereocenters. The van der Waals surface area contributed by atoms with Crippen LogP contribution in [-0.4, -0.2) is 35.0 Å². The lowest BCUT2D eigenvalue weighted by Gasteiger charge is -2.36. The molecule has 2 rings (SSSR count). The third-order valence-corrected chi connectivity index (χ3v) is 2.91. The minimum atomic E-state index is -0.944. The van der Waals surface area contributed by atoms with Gasteiger partial charge in [0, 0.05) is 18.1 Å². The summed E-state index contributed by atoms with van der Waals surface area (Å²) >= 11 is 5.67. The van der Waals surface area contributed by atoms with Crippen LogP contribution in [0.25, 0.3) is 0 Å². The third kappa shape index (κ3) is 2.24. The molecule has 0 radical (unpaired) electrons. The van der Waals surface area contributed by atoms with Crippen LogP contribution in [0.5, 0.6) is 0 Å². The number of hydrogen-bond acceptors (Lipinski definition) is 2. The molecule has 17 heavy (non-hydrogen) atoms. The summed E-state index contributed by atoms with van der Waals surface area (Å²) in [5, 5.41) is 8.94. The summed E-state index contributed by atoms with van der Waals surface area (Å²) in [7, 11) is 0. The summed E-state index contributed by atoms with van der Waals surface area (Å²) in [5.74, 6) is -2.68. The SMILES string of the molecule is O=C(O)C1CN(C(=O)c2cc(Cl)ccc2F)C1. The largest absolute Gasteiger partial charge is 0.481 e. The molecule has 6 heteroatoms. The fourth-order valence-corrected chi connectivity index (χ4v) is 1.80. The molecule has 4 nitrogen and oxygen atoms in total. The van der Waals surface area contributed by atoms with Crippen molar-refractivity contribution in [1.29, 1.82) is 0 Å². The van der Waals surface area contributed by atoms with E-state index in [9.17, 15) is 14.0 Å². The van der Waals surface area contributed by atoms with Crippen LogP contribution in [0.4, 0.5) is 4.39 Å². The zero-order valence-corrected chi connectivity index (χ0v) is 9.45. The Morgan fingerprint density at radius 2 is 2.06 bits per heavy atom. The Bertz CT molecular complexity index is 486. The van der Waals surface area contributed by atoms with Crippen molar-refractivity contribution < 1.29 is 19.1 Å². The highest BCUT2D eigenvalue weighted by molar-refractivity contribution is 6.31. The molecule has 1 N–H and O–H groups in total. The number of aliphatic carboxylic acids is 1. The van der Waals surface area contributed by atoms with Crippen molar-refractivity contribution in [2.75, 3.05) is 13.1 Å². The molecular formula is C11H9ClFNO3. The standard InChI is InChI=1S/C11H9ClFNO3/c12-7-1-2-9(13)8(3-7)10(15)14-4-6(5-14)11(16)17/h1-3,6H,4-5H2,(H,16,17). The van der Waals surface area contributed by atoms with Crippen molar-refractivity contribution >= 4 is 23.5 Å². The second-order valence-electron chi connectivity index (χ2n) is 3.87. The van der Waals surface area contributed by atoms with Crippen LogP contribution < -0.4 is 0 Å². The van der Waals surface area contributed by atoms with Crippen molar-refractivity contribution in [2.24, 2.45) is 5.92 Å². The Morgan fingerprint density at radius 3 is 2.65 bits per heavy atom. The minimum Gasteiger partial charge on any atom is -0.481 e. The second-order valence-corrected chi connectivity index (χ2v) is 4.31. The van der Waals surface area contributed by atoms with E-state index >= 15 is 0 Å². The fourth-order valence-electron chi connectivity index (χ4n) is 1.63. The van der Waals surface area contributed by atoms with Crippen LogP contribution in [0.1, 0.15) is 10.4 Å². The molecule has 0 saturated carbocycles. The Balaban J connectivity index is 2.11. The summed E-state index contributed by atoms with van der Waals surface area (Å²) in [6, 6.07) is 3.71. The van der Waals surface area contributed by atoms with Crippen LogP contribution >= 0.6 is 11.6 Å². The summed E-state index contributed by atoms with van der Waals surface area (Å²) in [4.78, 5) is 23.7. The molecule has 0 bridgehead atoms.